The number of carbonyl (C=O) groups excluding carboxylic acids is 2. The van der Waals surface area contributed by atoms with Gasteiger partial charge in [-0.3, -0.25) is 4.79 Å². The van der Waals surface area contributed by atoms with Crippen LogP contribution in [0, 0.1) is 0 Å². The second-order valence-electron chi connectivity index (χ2n) is 5.15. The van der Waals surface area contributed by atoms with E-state index in [4.69, 9.17) is 9.47 Å². The van der Waals surface area contributed by atoms with E-state index in [1.54, 1.807) is 6.92 Å². The van der Waals surface area contributed by atoms with Gasteiger partial charge in [0.15, 0.2) is 0 Å². The zero-order valence-corrected chi connectivity index (χ0v) is 11.3. The summed E-state index contributed by atoms with van der Waals surface area (Å²) in [5.41, 5.74) is 0.0101. The molecule has 0 aliphatic heterocycles. The predicted molar refractivity (Wildman–Crippen MR) is 68.0 cm³/mol. The van der Waals surface area contributed by atoms with Gasteiger partial charge >= 0.3 is 11.9 Å². The van der Waals surface area contributed by atoms with E-state index in [1.165, 1.54) is 6.42 Å². The molecular weight excluding hydrogens is 232 g/mol. The van der Waals surface area contributed by atoms with Crippen molar-refractivity contribution >= 4 is 11.9 Å². The van der Waals surface area contributed by atoms with Gasteiger partial charge in [-0.25, -0.2) is 4.79 Å². The van der Waals surface area contributed by atoms with E-state index in [1.807, 2.05) is 6.92 Å². The molecule has 4 nitrogen and oxygen atoms in total. The van der Waals surface area contributed by atoms with Crippen LogP contribution in [0.4, 0.5) is 0 Å². The molecule has 0 saturated heterocycles. The highest BCUT2D eigenvalue weighted by molar-refractivity contribution is 5.87. The highest BCUT2D eigenvalue weighted by atomic mass is 16.6. The number of esters is 2. The van der Waals surface area contributed by atoms with Crippen LogP contribution in [0.25, 0.3) is 0 Å². The molecule has 1 aliphatic carbocycles. The summed E-state index contributed by atoms with van der Waals surface area (Å²) < 4.78 is 10.3. The Morgan fingerprint density at radius 2 is 1.83 bits per heavy atom. The fourth-order valence-corrected chi connectivity index (χ4v) is 2.08. The highest BCUT2D eigenvalue weighted by Crippen LogP contribution is 2.31. The molecule has 1 saturated carbocycles. The van der Waals surface area contributed by atoms with Crippen molar-refractivity contribution in [2.45, 2.75) is 58.0 Å². The van der Waals surface area contributed by atoms with Crippen LogP contribution < -0.4 is 0 Å². The molecular formula is C14H22O4. The summed E-state index contributed by atoms with van der Waals surface area (Å²) in [6.45, 7) is 7.07. The predicted octanol–water partition coefficient (Wildman–Crippen LogP) is 2.76. The molecule has 0 unspecified atom stereocenters. The van der Waals surface area contributed by atoms with E-state index in [2.05, 4.69) is 6.58 Å². The van der Waals surface area contributed by atoms with Gasteiger partial charge in [-0.05, 0) is 39.5 Å². The Kier molecular flexibility index (Phi) is 5.38. The van der Waals surface area contributed by atoms with Gasteiger partial charge in [0.1, 0.15) is 12.2 Å². The number of hydrogen-bond acceptors (Lipinski definition) is 4. The highest BCUT2D eigenvalue weighted by Gasteiger charge is 2.30. The van der Waals surface area contributed by atoms with E-state index in [9.17, 15) is 9.59 Å². The maximum absolute atomic E-state index is 11.6. The fourth-order valence-electron chi connectivity index (χ4n) is 2.08. The topological polar surface area (TPSA) is 52.6 Å². The second kappa shape index (κ2) is 6.57. The van der Waals surface area contributed by atoms with E-state index in [-0.39, 0.29) is 24.6 Å². The molecule has 0 spiro atoms. The van der Waals surface area contributed by atoms with Crippen molar-refractivity contribution in [2.75, 3.05) is 6.61 Å². The molecule has 102 valence electrons. The standard InChI is InChI=1S/C14H22O4/c1-11(2)13(16)17-10-7-12(15)18-14(3)8-5-4-6-9-14/h1,4-10H2,2-3H3. The fraction of sp³-hybridized carbons (Fsp3) is 0.714. The van der Waals surface area contributed by atoms with Crippen LogP contribution in [0.15, 0.2) is 12.2 Å². The summed E-state index contributed by atoms with van der Waals surface area (Å²) in [4.78, 5) is 22.7. The zero-order chi connectivity index (χ0) is 13.6. The third-order valence-electron chi connectivity index (χ3n) is 3.16. The summed E-state index contributed by atoms with van der Waals surface area (Å²) in [6.07, 6.45) is 5.37. The molecule has 0 atom stereocenters. The molecule has 0 aromatic rings. The van der Waals surface area contributed by atoms with Crippen molar-refractivity contribution in [1.29, 1.82) is 0 Å². The Balaban J connectivity index is 2.25. The molecule has 0 radical (unpaired) electrons. The lowest BCUT2D eigenvalue weighted by molar-refractivity contribution is -0.162. The van der Waals surface area contributed by atoms with Gasteiger partial charge in [-0.2, -0.15) is 0 Å². The van der Waals surface area contributed by atoms with Crippen LogP contribution in [0.1, 0.15) is 52.4 Å². The first-order valence-electron chi connectivity index (χ1n) is 6.47. The lowest BCUT2D eigenvalue weighted by atomic mass is 9.86. The van der Waals surface area contributed by atoms with Crippen molar-refractivity contribution in [3.8, 4) is 0 Å². The van der Waals surface area contributed by atoms with Gasteiger partial charge in [-0.1, -0.05) is 13.0 Å². The first kappa shape index (κ1) is 14.7. The molecule has 0 N–H and O–H groups in total. The molecule has 1 aliphatic rings. The third kappa shape index (κ3) is 4.90. The van der Waals surface area contributed by atoms with Crippen LogP contribution in [0.2, 0.25) is 0 Å². The minimum absolute atomic E-state index is 0.0562. The van der Waals surface area contributed by atoms with Gasteiger partial charge in [0.05, 0.1) is 6.42 Å². The average molecular weight is 254 g/mol. The average Bonchev–Trinajstić information content (AvgIpc) is 2.28. The maximum atomic E-state index is 11.6. The first-order chi connectivity index (χ1) is 8.43. The van der Waals surface area contributed by atoms with Crippen LogP contribution >= 0.6 is 0 Å². The first-order valence-corrected chi connectivity index (χ1v) is 6.47. The van der Waals surface area contributed by atoms with Crippen molar-refractivity contribution < 1.29 is 19.1 Å². The summed E-state index contributed by atoms with van der Waals surface area (Å²) >= 11 is 0. The minimum Gasteiger partial charge on any atom is -0.462 e. The molecule has 0 aromatic carbocycles. The largest absolute Gasteiger partial charge is 0.462 e. The Morgan fingerprint density at radius 1 is 1.22 bits per heavy atom. The number of rotatable bonds is 5. The van der Waals surface area contributed by atoms with Crippen molar-refractivity contribution in [3.63, 3.8) is 0 Å². The lowest BCUT2D eigenvalue weighted by Gasteiger charge is -2.33. The van der Waals surface area contributed by atoms with E-state index >= 15 is 0 Å². The minimum atomic E-state index is -0.466. The number of carbonyl (C=O) groups is 2. The van der Waals surface area contributed by atoms with E-state index in [0.29, 0.717) is 5.57 Å². The summed E-state index contributed by atoms with van der Waals surface area (Å²) in [7, 11) is 0. The van der Waals surface area contributed by atoms with E-state index < -0.39 is 5.97 Å². The normalized spacial score (nSPS) is 17.9. The van der Waals surface area contributed by atoms with Crippen LogP contribution in [-0.2, 0) is 19.1 Å². The molecule has 0 heterocycles. The van der Waals surface area contributed by atoms with Gasteiger partial charge in [-0.15, -0.1) is 0 Å². The second-order valence-corrected chi connectivity index (χ2v) is 5.15. The molecule has 18 heavy (non-hydrogen) atoms. The van der Waals surface area contributed by atoms with Crippen molar-refractivity contribution in [1.82, 2.24) is 0 Å². The zero-order valence-electron chi connectivity index (χ0n) is 11.3. The number of ether oxygens (including phenoxy) is 2. The van der Waals surface area contributed by atoms with Crippen LogP contribution in [-0.4, -0.2) is 24.1 Å². The van der Waals surface area contributed by atoms with Crippen LogP contribution in [0.3, 0.4) is 0 Å². The van der Waals surface area contributed by atoms with Crippen molar-refractivity contribution in [3.05, 3.63) is 12.2 Å². The quantitative estimate of drug-likeness (QED) is 0.559. The summed E-state index contributed by atoms with van der Waals surface area (Å²) in [6, 6.07) is 0. The Hall–Kier alpha value is -1.32. The van der Waals surface area contributed by atoms with Gasteiger partial charge in [0.25, 0.3) is 0 Å². The van der Waals surface area contributed by atoms with Gasteiger partial charge in [0, 0.05) is 5.57 Å². The third-order valence-corrected chi connectivity index (χ3v) is 3.16. The monoisotopic (exact) mass is 254 g/mol. The Labute approximate surface area is 108 Å². The van der Waals surface area contributed by atoms with Gasteiger partial charge in [0.2, 0.25) is 0 Å². The molecule has 0 aromatic heterocycles. The maximum Gasteiger partial charge on any atom is 0.333 e. The van der Waals surface area contributed by atoms with Crippen LogP contribution in [0.5, 0.6) is 0 Å². The molecule has 0 amide bonds. The molecule has 0 bridgehead atoms. The smallest absolute Gasteiger partial charge is 0.333 e. The Bertz CT molecular complexity index is 327. The lowest BCUT2D eigenvalue weighted by Crippen LogP contribution is -2.34. The number of hydrogen-bond donors (Lipinski definition) is 0. The SMILES string of the molecule is C=C(C)C(=O)OCCC(=O)OC1(C)CCCCC1. The van der Waals surface area contributed by atoms with Crippen molar-refractivity contribution in [2.24, 2.45) is 0 Å². The summed E-state index contributed by atoms with van der Waals surface area (Å²) in [5.74, 6) is -0.763. The molecule has 1 fully saturated rings. The Morgan fingerprint density at radius 3 is 2.39 bits per heavy atom. The van der Waals surface area contributed by atoms with E-state index in [0.717, 1.165) is 25.7 Å². The van der Waals surface area contributed by atoms with Gasteiger partial charge < -0.3 is 9.47 Å². The molecule has 1 rings (SSSR count). The summed E-state index contributed by atoms with van der Waals surface area (Å²) in [5, 5.41) is 0. The molecule has 4 heteroatoms.